The standard InChI is InChI=1S/C17H18N6O2S2/c1-3-7-23-14(9-25-13-6-4-5-12(2)8-13)20-22-17(23)26-10-15(24)19-16-21-18-11-27-16/h3-6,8,11H,1,7,9-10H2,2H3,(H,19,21,24). The molecule has 0 fully saturated rings. The molecule has 0 atom stereocenters. The topological polar surface area (TPSA) is 94.8 Å². The number of hydrogen-bond donors (Lipinski definition) is 1. The number of anilines is 1. The third kappa shape index (κ3) is 5.38. The molecule has 0 spiro atoms. The Labute approximate surface area is 164 Å². The number of aryl methyl sites for hydroxylation is 1. The highest BCUT2D eigenvalue weighted by Gasteiger charge is 2.14. The van der Waals surface area contributed by atoms with Gasteiger partial charge in [0.1, 0.15) is 17.9 Å². The van der Waals surface area contributed by atoms with Gasteiger partial charge in [0.25, 0.3) is 0 Å². The fourth-order valence-electron chi connectivity index (χ4n) is 2.21. The Hall–Kier alpha value is -2.72. The lowest BCUT2D eigenvalue weighted by molar-refractivity contribution is -0.113. The first-order valence-corrected chi connectivity index (χ1v) is 9.93. The molecule has 0 aliphatic heterocycles. The van der Waals surface area contributed by atoms with E-state index < -0.39 is 0 Å². The molecule has 140 valence electrons. The number of nitrogens with one attached hydrogen (secondary N) is 1. The molecule has 27 heavy (non-hydrogen) atoms. The van der Waals surface area contributed by atoms with Crippen LogP contribution in [0.15, 0.2) is 47.6 Å². The molecule has 2 aromatic heterocycles. The van der Waals surface area contributed by atoms with Crippen molar-refractivity contribution in [1.82, 2.24) is 25.0 Å². The molecule has 1 aromatic carbocycles. The molecule has 0 aliphatic carbocycles. The van der Waals surface area contributed by atoms with Gasteiger partial charge in [0.2, 0.25) is 11.0 Å². The average Bonchev–Trinajstić information content (AvgIpc) is 3.29. The van der Waals surface area contributed by atoms with Crippen LogP contribution >= 0.6 is 23.1 Å². The fraction of sp³-hybridized carbons (Fsp3) is 0.235. The van der Waals surface area contributed by atoms with Gasteiger partial charge in [0.15, 0.2) is 11.0 Å². The summed E-state index contributed by atoms with van der Waals surface area (Å²) in [4.78, 5) is 12.0. The number of aromatic nitrogens is 5. The summed E-state index contributed by atoms with van der Waals surface area (Å²) in [6, 6.07) is 7.81. The number of carbonyl (C=O) groups is 1. The molecule has 2 heterocycles. The van der Waals surface area contributed by atoms with Gasteiger partial charge in [-0.15, -0.1) is 27.0 Å². The zero-order valence-electron chi connectivity index (χ0n) is 14.7. The van der Waals surface area contributed by atoms with Crippen LogP contribution < -0.4 is 10.1 Å². The Morgan fingerprint density at radius 3 is 3.04 bits per heavy atom. The molecule has 10 heteroatoms. The molecule has 1 N–H and O–H groups in total. The van der Waals surface area contributed by atoms with E-state index in [9.17, 15) is 4.79 Å². The molecule has 0 radical (unpaired) electrons. The summed E-state index contributed by atoms with van der Waals surface area (Å²) in [6.45, 7) is 6.59. The monoisotopic (exact) mass is 402 g/mol. The minimum absolute atomic E-state index is 0.178. The Morgan fingerprint density at radius 2 is 2.30 bits per heavy atom. The highest BCUT2D eigenvalue weighted by Crippen LogP contribution is 2.20. The van der Waals surface area contributed by atoms with E-state index in [0.29, 0.717) is 22.7 Å². The van der Waals surface area contributed by atoms with Crippen LogP contribution in [0, 0.1) is 6.92 Å². The lowest BCUT2D eigenvalue weighted by Crippen LogP contribution is -2.15. The van der Waals surface area contributed by atoms with E-state index in [2.05, 4.69) is 32.3 Å². The Kier molecular flexibility index (Phi) is 6.55. The van der Waals surface area contributed by atoms with Gasteiger partial charge in [-0.1, -0.05) is 41.3 Å². The number of carbonyl (C=O) groups excluding carboxylic acids is 1. The van der Waals surface area contributed by atoms with Crippen LogP contribution in [-0.2, 0) is 17.9 Å². The van der Waals surface area contributed by atoms with E-state index in [-0.39, 0.29) is 18.3 Å². The number of benzene rings is 1. The second-order valence-electron chi connectivity index (χ2n) is 5.48. The van der Waals surface area contributed by atoms with E-state index in [0.717, 1.165) is 11.3 Å². The Balaban J connectivity index is 1.61. The first-order valence-electron chi connectivity index (χ1n) is 8.07. The highest BCUT2D eigenvalue weighted by molar-refractivity contribution is 7.99. The number of rotatable bonds is 9. The Morgan fingerprint density at radius 1 is 1.41 bits per heavy atom. The summed E-state index contributed by atoms with van der Waals surface area (Å²) in [5.41, 5.74) is 2.68. The average molecular weight is 403 g/mol. The van der Waals surface area contributed by atoms with Crippen LogP contribution in [0.2, 0.25) is 0 Å². The number of amides is 1. The smallest absolute Gasteiger partial charge is 0.236 e. The second kappa shape index (κ2) is 9.28. The van der Waals surface area contributed by atoms with E-state index >= 15 is 0 Å². The normalized spacial score (nSPS) is 10.6. The van der Waals surface area contributed by atoms with Crippen molar-refractivity contribution in [3.8, 4) is 5.75 Å². The summed E-state index contributed by atoms with van der Waals surface area (Å²) < 4.78 is 7.69. The van der Waals surface area contributed by atoms with E-state index in [4.69, 9.17) is 4.74 Å². The Bertz CT molecular complexity index is 910. The van der Waals surface area contributed by atoms with Crippen molar-refractivity contribution in [1.29, 1.82) is 0 Å². The quantitative estimate of drug-likeness (QED) is 0.434. The molecular weight excluding hydrogens is 384 g/mol. The molecular formula is C17H18N6O2S2. The maximum absolute atomic E-state index is 12.0. The molecule has 0 saturated carbocycles. The van der Waals surface area contributed by atoms with Gasteiger partial charge in [-0.25, -0.2) is 0 Å². The maximum atomic E-state index is 12.0. The number of hydrogen-bond acceptors (Lipinski definition) is 8. The van der Waals surface area contributed by atoms with E-state index in [1.54, 1.807) is 11.6 Å². The summed E-state index contributed by atoms with van der Waals surface area (Å²) in [5, 5.41) is 19.6. The molecule has 0 bridgehead atoms. The van der Waals surface area contributed by atoms with Gasteiger partial charge in [0, 0.05) is 6.54 Å². The summed E-state index contributed by atoms with van der Waals surface area (Å²) in [7, 11) is 0. The van der Waals surface area contributed by atoms with Gasteiger partial charge >= 0.3 is 0 Å². The molecule has 0 unspecified atom stereocenters. The van der Waals surface area contributed by atoms with Crippen LogP contribution in [0.3, 0.4) is 0 Å². The summed E-state index contributed by atoms with van der Waals surface area (Å²) in [5.74, 6) is 1.45. The molecule has 8 nitrogen and oxygen atoms in total. The van der Waals surface area contributed by atoms with Crippen LogP contribution in [0.5, 0.6) is 5.75 Å². The van der Waals surface area contributed by atoms with Crippen molar-refractivity contribution in [2.45, 2.75) is 25.2 Å². The minimum Gasteiger partial charge on any atom is -0.486 e. The lowest BCUT2D eigenvalue weighted by atomic mass is 10.2. The van der Waals surface area contributed by atoms with Crippen molar-refractivity contribution in [2.24, 2.45) is 0 Å². The SMILES string of the molecule is C=CCn1c(COc2cccc(C)c2)nnc1SCC(=O)Nc1nncs1. The zero-order valence-corrected chi connectivity index (χ0v) is 16.3. The second-order valence-corrected chi connectivity index (χ2v) is 7.26. The van der Waals surface area contributed by atoms with Crippen molar-refractivity contribution in [3.05, 3.63) is 53.8 Å². The first-order chi connectivity index (χ1) is 13.2. The minimum atomic E-state index is -0.178. The van der Waals surface area contributed by atoms with E-state index in [1.807, 2.05) is 35.8 Å². The molecule has 3 aromatic rings. The van der Waals surface area contributed by atoms with Crippen LogP contribution in [0.25, 0.3) is 0 Å². The predicted molar refractivity (Wildman–Crippen MR) is 105 cm³/mol. The van der Waals surface area contributed by atoms with Gasteiger partial charge in [-0.05, 0) is 24.6 Å². The van der Waals surface area contributed by atoms with Crippen LogP contribution in [-0.4, -0.2) is 36.6 Å². The maximum Gasteiger partial charge on any atom is 0.236 e. The molecule has 0 saturated heterocycles. The van der Waals surface area contributed by atoms with Crippen LogP contribution in [0.1, 0.15) is 11.4 Å². The number of allylic oxidation sites excluding steroid dienone is 1. The molecule has 1 amide bonds. The van der Waals surface area contributed by atoms with Crippen molar-refractivity contribution >= 4 is 34.1 Å². The predicted octanol–water partition coefficient (Wildman–Crippen LogP) is 2.93. The number of thioether (sulfide) groups is 1. The lowest BCUT2D eigenvalue weighted by Gasteiger charge is -2.09. The largest absolute Gasteiger partial charge is 0.486 e. The zero-order chi connectivity index (χ0) is 19.1. The highest BCUT2D eigenvalue weighted by atomic mass is 32.2. The van der Waals surface area contributed by atoms with Crippen molar-refractivity contribution in [3.63, 3.8) is 0 Å². The van der Waals surface area contributed by atoms with Gasteiger partial charge in [-0.2, -0.15) is 0 Å². The van der Waals surface area contributed by atoms with Gasteiger partial charge in [-0.3, -0.25) is 14.7 Å². The third-order valence-corrected chi connectivity index (χ3v) is 4.97. The number of nitrogens with zero attached hydrogens (tertiary/aromatic N) is 5. The summed E-state index contributed by atoms with van der Waals surface area (Å²) in [6.07, 6.45) is 1.75. The molecule has 0 aliphatic rings. The van der Waals surface area contributed by atoms with Crippen LogP contribution in [0.4, 0.5) is 5.13 Å². The number of ether oxygens (including phenoxy) is 1. The van der Waals surface area contributed by atoms with Crippen molar-refractivity contribution < 1.29 is 9.53 Å². The van der Waals surface area contributed by atoms with E-state index in [1.165, 1.54) is 23.1 Å². The van der Waals surface area contributed by atoms with Gasteiger partial charge in [0.05, 0.1) is 5.75 Å². The van der Waals surface area contributed by atoms with Crippen molar-refractivity contribution in [2.75, 3.05) is 11.1 Å². The van der Waals surface area contributed by atoms with Gasteiger partial charge < -0.3 is 4.74 Å². The third-order valence-electron chi connectivity index (χ3n) is 3.40. The molecule has 3 rings (SSSR count). The summed E-state index contributed by atoms with van der Waals surface area (Å²) >= 11 is 2.56. The fourth-order valence-corrected chi connectivity index (χ4v) is 3.44. The first kappa shape index (κ1) is 19.1.